The molecule has 6 heteroatoms. The molecule has 2 atom stereocenters. The first-order valence-electron chi connectivity index (χ1n) is 60.2. The molecule has 6 aromatic rings. The van der Waals surface area contributed by atoms with Crippen LogP contribution in [0.3, 0.4) is 0 Å². The second-order valence-electron chi connectivity index (χ2n) is 23.8. The van der Waals surface area contributed by atoms with Gasteiger partial charge in [-0.15, -0.1) is 0 Å². The quantitative estimate of drug-likeness (QED) is 0.146. The highest BCUT2D eigenvalue weighted by Gasteiger charge is 2.23. The fraction of sp³-hybridized carbons (Fsp3) is 0.561. The van der Waals surface area contributed by atoms with Gasteiger partial charge in [-0.25, -0.2) is 0 Å². The summed E-state index contributed by atoms with van der Waals surface area (Å²) >= 11 is 9.65. The Labute approximate surface area is 722 Å². The molecule has 0 spiro atoms. The van der Waals surface area contributed by atoms with Gasteiger partial charge in [0.1, 0.15) is 0 Å². The first kappa shape index (κ1) is 27.2. The summed E-state index contributed by atoms with van der Waals surface area (Å²) in [5, 5.41) is 0. The van der Waals surface area contributed by atoms with Crippen LogP contribution in [0.2, 0.25) is 0 Å². The van der Waals surface area contributed by atoms with Crippen molar-refractivity contribution in [3.8, 4) is 0 Å². The number of hydrogen-bond donors (Lipinski definition) is 0. The third kappa shape index (κ3) is 29.0. The molecule has 0 saturated carbocycles. The van der Waals surface area contributed by atoms with Crippen molar-refractivity contribution < 1.29 is 93.2 Å². The lowest BCUT2D eigenvalue weighted by Gasteiger charge is -2.25. The fourth-order valence-corrected chi connectivity index (χ4v) is 9.82. The lowest BCUT2D eigenvalue weighted by Crippen LogP contribution is -2.14. The van der Waals surface area contributed by atoms with Crippen molar-refractivity contribution in [2.24, 2.45) is 10.8 Å². The monoisotopic (exact) mass is 1940 g/mol. The topological polar surface area (TPSA) is 0 Å². The molecule has 88 heavy (non-hydrogen) atoms. The van der Waals surface area contributed by atoms with Crippen LogP contribution >= 0.6 is 136 Å². The summed E-state index contributed by atoms with van der Waals surface area (Å²) in [4.78, 5) is 0. The highest BCUT2D eigenvalue weighted by Crippen LogP contribution is 2.37. The van der Waals surface area contributed by atoms with Gasteiger partial charge in [-0.3, -0.25) is 0 Å². The van der Waals surface area contributed by atoms with Gasteiger partial charge in [-0.1, -0.05) is 252 Å². The maximum atomic E-state index is 8.68. The molecule has 0 aromatic heterocycles. The Hall–Kier alpha value is -0.300. The summed E-state index contributed by atoms with van der Waals surface area (Å²) in [6.07, 6.45) is -2.00. The Kier molecular flexibility index (Phi) is 11.0. The maximum Gasteiger partial charge on any atom is 0.0629 e. The Balaban J connectivity index is 0.000000956. The smallest absolute Gasteiger partial charge is 0.0599 e. The highest BCUT2D eigenvalue weighted by atomic mass is 127. The van der Waals surface area contributed by atoms with Crippen LogP contribution in [0.4, 0.5) is 0 Å². The van der Waals surface area contributed by atoms with Crippen molar-refractivity contribution in [3.63, 3.8) is 0 Å². The van der Waals surface area contributed by atoms with Crippen LogP contribution in [0.15, 0.2) is 72.6 Å². The summed E-state index contributed by atoms with van der Waals surface area (Å²) in [6.45, 7) is -30.8. The number of benzene rings is 6. The summed E-state index contributed by atoms with van der Waals surface area (Å²) in [5.74, 6) is -12.4. The van der Waals surface area contributed by atoms with Gasteiger partial charge in [0.25, 0.3) is 0 Å². The Morgan fingerprint density at radius 3 is 0.886 bits per heavy atom. The van der Waals surface area contributed by atoms with E-state index >= 15 is 0 Å². The Bertz CT molecular complexity index is 5760. The van der Waals surface area contributed by atoms with Gasteiger partial charge in [-0.05, 0) is 360 Å². The van der Waals surface area contributed by atoms with Gasteiger partial charge in [0.15, 0.2) is 0 Å². The predicted molar refractivity (Wildman–Crippen MR) is 450 cm³/mol. The molecule has 0 radical (unpaired) electrons. The molecule has 0 aliphatic heterocycles. The Morgan fingerprint density at radius 2 is 0.591 bits per heavy atom. The van der Waals surface area contributed by atoms with E-state index in [0.717, 1.165) is 41.5 Å². The normalized spacial score (nSPS) is 27.6. The van der Waals surface area contributed by atoms with Gasteiger partial charge >= 0.3 is 0 Å². The molecule has 0 saturated heterocycles. The van der Waals surface area contributed by atoms with E-state index in [0.29, 0.717) is 0 Å². The number of rotatable bonds is 6. The molecule has 0 heterocycles. The fourth-order valence-electron chi connectivity index (χ4n) is 6.81. The first-order chi connectivity index (χ1) is 67.3. The number of hydrogen-bond acceptors (Lipinski definition) is 0. The number of aryl methyl sites for hydroxylation is 2. The van der Waals surface area contributed by atoms with Gasteiger partial charge in [0.2, 0.25) is 0 Å². The van der Waals surface area contributed by atoms with E-state index in [4.69, 9.17) is 93.2 Å². The summed E-state index contributed by atoms with van der Waals surface area (Å²) < 4.78 is 535. The van der Waals surface area contributed by atoms with Gasteiger partial charge in [0, 0.05) is 101 Å². The second-order valence-corrected chi connectivity index (χ2v) is 30.3. The summed E-state index contributed by atoms with van der Waals surface area (Å²) in [5.41, 5.74) is -13.6. The third-order valence-corrected chi connectivity index (χ3v) is 18.5. The molecule has 2 unspecified atom stereocenters. The number of halogens is 6. The molecule has 0 bridgehead atoms. The standard InChI is InChI=1S/C17H27I.C16H25I.C13H19I.3C12H17I/c1-11(2)14-8-13(10-17(5,6)7)9-15(12(3)4)16(14)18;1-10(2)13-8-12(16(5,6)7)9-14(11(3)4)15(13)17;1-9-6-11(8-13(3,4)5)7-10(2)12(9)14;3*1-8-6-10(12(3,4)5)7-9(2)11(8)13/h8-9,11-12H,10H2,1-7H3;8-11H,1-7H3;6-7H,8H2,1-5H3;3*6-7H,1-5H3/i1D3,2D3,3D3,5D3,6D3,8D,9D,11D,12D;1D3,2D3,3D3,5D3,8D,9D,10D,11D;1D3,2D3,3D3,4D3,6D,7D;1D3,2D3,3D3,6D,7D;1D3,2D3,6D,7D;. The van der Waals surface area contributed by atoms with E-state index in [1.165, 1.54) is 124 Å². The molecular formula is C82H122I6. The van der Waals surface area contributed by atoms with E-state index in [-0.39, 0.29) is 50.5 Å². The zero-order valence-corrected chi connectivity index (χ0v) is 64.8. The average molecular weight is 1940 g/mol. The minimum absolute atomic E-state index is 0.0319. The van der Waals surface area contributed by atoms with E-state index < -0.39 is 304 Å². The molecule has 6 rings (SSSR count). The van der Waals surface area contributed by atoms with Crippen LogP contribution in [-0.2, 0) is 34.5 Å². The molecule has 6 aromatic carbocycles. The summed E-state index contributed by atoms with van der Waals surface area (Å²) in [7, 11) is 0. The van der Waals surface area contributed by atoms with E-state index in [1.54, 1.807) is 43.4 Å². The molecule has 0 nitrogen and oxygen atoms in total. The highest BCUT2D eigenvalue weighted by molar-refractivity contribution is 14.1. The van der Waals surface area contributed by atoms with Crippen LogP contribution in [0.25, 0.3) is 0 Å². The predicted octanol–water partition coefficient (Wildman–Crippen LogP) is 29.1. The molecule has 492 valence electrons. The molecule has 0 amide bonds. The second kappa shape index (κ2) is 35.6. The van der Waals surface area contributed by atoms with E-state index in [2.05, 4.69) is 69.3 Å². The van der Waals surface area contributed by atoms with Crippen LogP contribution in [0.5, 0.6) is 0 Å². The van der Waals surface area contributed by atoms with E-state index in [1.807, 2.05) is 0 Å². The Morgan fingerprint density at radius 1 is 0.330 bits per heavy atom. The first-order valence-corrected chi connectivity index (χ1v) is 32.7. The van der Waals surface area contributed by atoms with Gasteiger partial charge in [-0.2, -0.15) is 0 Å². The van der Waals surface area contributed by atoms with Crippen molar-refractivity contribution in [1.82, 2.24) is 0 Å². The molecule has 0 aliphatic carbocycles. The molecule has 0 aliphatic rings. The van der Waals surface area contributed by atoms with Crippen LogP contribution in [-0.4, -0.2) is 0 Å². The zero-order valence-electron chi connectivity index (χ0n) is 120. The van der Waals surface area contributed by atoms with Crippen molar-refractivity contribution >= 4 is 136 Å². The van der Waals surface area contributed by atoms with Crippen molar-refractivity contribution in [3.05, 3.63) is 194 Å². The van der Waals surface area contributed by atoms with Crippen molar-refractivity contribution in [2.45, 2.75) is 292 Å². The lowest BCUT2D eigenvalue weighted by atomic mass is 9.82. The van der Waals surface area contributed by atoms with E-state index in [9.17, 15) is 0 Å². The minimum atomic E-state index is -3.65. The SMILES string of the molecule is Cc1cc(C(C)(C)C)cc(C)c1I.[2H]c1c(C([2H])(C)C([2H])([2H])[2H])c(I)c(C([2H])(C([2H])([2H])[2H])C([2H])([2H])[2H])c([2H])c1C(C)(C)C([2H])([2H])[2H].[2H]c1c(C([2H])([2H])[2H])c(I)c(C([2H])([2H])[2H])c([2H])c1C(C)(C)C.[2H]c1c(C([2H])([2H])[2H])c(I)c(C([2H])([2H])[2H])c([2H])c1C(C)(C)C([2H])([2H])[2H].[2H]c1c(CC(C)(C([2H])([2H])[2H])C([2H])([2H])[2H])c([2H])c(C([2H])(C([2H])([2H])[2H])C([2H])([2H])[2H])c(I)c1C([2H])(C)C([2H])([2H])[2H].[2H]c1c(CC(C)(C([2H])([2H])[2H])C([2H])([2H])[2H])c([2H])c(C([2H])([2H])[2H])c(I)c1C([2H])([2H])[2H]. The van der Waals surface area contributed by atoms with Crippen molar-refractivity contribution in [1.29, 1.82) is 0 Å². The van der Waals surface area contributed by atoms with Gasteiger partial charge in [0.05, 0.1) is 13.7 Å². The third-order valence-electron chi connectivity index (χ3n) is 11.4. The minimum Gasteiger partial charge on any atom is -0.0599 e. The van der Waals surface area contributed by atoms with Gasteiger partial charge < -0.3 is 0 Å². The van der Waals surface area contributed by atoms with Crippen LogP contribution in [0.1, 0.15) is 396 Å². The summed E-state index contributed by atoms with van der Waals surface area (Å²) in [6, 6.07) is -2.36. The average Bonchev–Trinajstić information content (AvgIpc) is 0.683. The molecule has 0 N–H and O–H groups in total. The molecular weight excluding hydrogens is 1750 g/mol. The van der Waals surface area contributed by atoms with Crippen molar-refractivity contribution in [2.75, 3.05) is 0 Å². The largest absolute Gasteiger partial charge is 0.0629 e. The molecule has 0 fully saturated rings. The maximum absolute atomic E-state index is 8.68. The lowest BCUT2D eigenvalue weighted by molar-refractivity contribution is 0.410. The zero-order chi connectivity index (χ0) is 126. The van der Waals surface area contributed by atoms with Crippen LogP contribution in [0, 0.1) is 87.2 Å². The van der Waals surface area contributed by atoms with Crippen LogP contribution < -0.4 is 0 Å².